The lowest BCUT2D eigenvalue weighted by molar-refractivity contribution is -0.358. The minimum Gasteiger partial charge on any atom is -0.469 e. The maximum Gasteiger partial charge on any atom is 0.312 e. The van der Waals surface area contributed by atoms with Gasteiger partial charge in [-0.1, -0.05) is 53.2 Å². The molecule has 2 saturated heterocycles. The summed E-state index contributed by atoms with van der Waals surface area (Å²) >= 11 is 0. The predicted octanol–water partition coefficient (Wildman–Crippen LogP) is 3.22. The standard InChI is InChI=1S/C41H66O12/c1-36(2)14-16-41(35(48)49-7)17-15-39(5)22(23(41)18-36)8-9-27-37(3)12-11-28(38(4,21-42)26(37)10-13-40(27,39)6)52-34-32(30(46)25(44)20-51-34)53-33-31(47)29(45)24(43)19-50-33/h8,23-34,42-47H,9-21H2,1-7H3/t23-,24+,25-,26+,27+,28-,29-,30-,31+,32+,33-,34-,37-,38-,39+,40+,41-/m0/s1. The van der Waals surface area contributed by atoms with Crippen LogP contribution in [0.4, 0.5) is 0 Å². The minimum atomic E-state index is -1.60. The highest BCUT2D eigenvalue weighted by molar-refractivity contribution is 5.78. The molecule has 7 aliphatic rings. The Kier molecular flexibility index (Phi) is 10.4. The topological polar surface area (TPSA) is 185 Å². The van der Waals surface area contributed by atoms with Crippen LogP contribution in [0.15, 0.2) is 11.6 Å². The number of aliphatic hydroxyl groups excluding tert-OH is 6. The first-order chi connectivity index (χ1) is 24.8. The van der Waals surface area contributed by atoms with Crippen molar-refractivity contribution in [2.45, 2.75) is 161 Å². The molecule has 12 nitrogen and oxygen atoms in total. The summed E-state index contributed by atoms with van der Waals surface area (Å²) in [4.78, 5) is 13.6. The molecule has 0 unspecified atom stereocenters. The summed E-state index contributed by atoms with van der Waals surface area (Å²) in [7, 11) is 1.54. The van der Waals surface area contributed by atoms with Gasteiger partial charge in [0.2, 0.25) is 0 Å². The van der Waals surface area contributed by atoms with E-state index in [0.29, 0.717) is 12.3 Å². The summed E-state index contributed by atoms with van der Waals surface area (Å²) < 4.78 is 29.6. The molecule has 53 heavy (non-hydrogen) atoms. The second kappa shape index (κ2) is 13.7. The van der Waals surface area contributed by atoms with E-state index in [1.807, 2.05) is 0 Å². The molecule has 2 aliphatic heterocycles. The van der Waals surface area contributed by atoms with Crippen LogP contribution in [0, 0.1) is 50.2 Å². The van der Waals surface area contributed by atoms with Crippen molar-refractivity contribution in [1.29, 1.82) is 0 Å². The molecular formula is C41H66O12. The lowest BCUT2D eigenvalue weighted by atomic mass is 9.33. The zero-order chi connectivity index (χ0) is 38.5. The molecule has 2 heterocycles. The van der Waals surface area contributed by atoms with Gasteiger partial charge in [-0.3, -0.25) is 4.79 Å². The number of hydrogen-bond donors (Lipinski definition) is 6. The van der Waals surface area contributed by atoms with E-state index in [1.54, 1.807) is 7.11 Å². The van der Waals surface area contributed by atoms with Crippen molar-refractivity contribution in [3.05, 3.63) is 11.6 Å². The third kappa shape index (κ3) is 5.94. The highest BCUT2D eigenvalue weighted by Gasteiger charge is 2.70. The highest BCUT2D eigenvalue weighted by Crippen LogP contribution is 2.76. The van der Waals surface area contributed by atoms with Crippen molar-refractivity contribution in [3.8, 4) is 0 Å². The summed E-state index contributed by atoms with van der Waals surface area (Å²) in [6.07, 6.45) is 0.0451. The van der Waals surface area contributed by atoms with Crippen LogP contribution in [0.2, 0.25) is 0 Å². The Labute approximate surface area is 314 Å². The molecule has 17 atom stereocenters. The first-order valence-electron chi connectivity index (χ1n) is 20.2. The Morgan fingerprint density at radius 2 is 1.45 bits per heavy atom. The number of fused-ring (bicyclic) bond motifs is 7. The highest BCUT2D eigenvalue weighted by atomic mass is 16.7. The maximum atomic E-state index is 13.6. The Morgan fingerprint density at radius 1 is 0.792 bits per heavy atom. The molecule has 0 amide bonds. The van der Waals surface area contributed by atoms with Crippen LogP contribution in [-0.4, -0.2) is 119 Å². The van der Waals surface area contributed by atoms with Gasteiger partial charge in [0.15, 0.2) is 12.6 Å². The third-order valence-electron chi connectivity index (χ3n) is 16.8. The Bertz CT molecular complexity index is 1420. The normalized spacial score (nSPS) is 53.6. The molecule has 5 aliphatic carbocycles. The number of aliphatic hydroxyl groups is 6. The number of carbonyl (C=O) groups is 1. The number of hydrogen-bond acceptors (Lipinski definition) is 12. The van der Waals surface area contributed by atoms with Gasteiger partial charge in [0.25, 0.3) is 0 Å². The van der Waals surface area contributed by atoms with Crippen molar-refractivity contribution < 1.29 is 59.1 Å². The Morgan fingerprint density at radius 3 is 2.13 bits per heavy atom. The minimum absolute atomic E-state index is 0.0130. The van der Waals surface area contributed by atoms with Gasteiger partial charge >= 0.3 is 5.97 Å². The van der Waals surface area contributed by atoms with Gasteiger partial charge < -0.3 is 54.3 Å². The van der Waals surface area contributed by atoms with E-state index >= 15 is 0 Å². The first kappa shape index (κ1) is 40.0. The quantitative estimate of drug-likeness (QED) is 0.133. The first-order valence-corrected chi connectivity index (χ1v) is 20.2. The van der Waals surface area contributed by atoms with Crippen molar-refractivity contribution in [3.63, 3.8) is 0 Å². The zero-order valence-corrected chi connectivity index (χ0v) is 32.8. The number of methoxy groups -OCH3 is 1. The van der Waals surface area contributed by atoms with Gasteiger partial charge in [0.05, 0.1) is 38.4 Å². The van der Waals surface area contributed by atoms with Crippen LogP contribution in [-0.2, 0) is 28.5 Å². The second-order valence-corrected chi connectivity index (χ2v) is 19.8. The molecular weight excluding hydrogens is 684 g/mol. The summed E-state index contributed by atoms with van der Waals surface area (Å²) in [5, 5.41) is 63.6. The average molecular weight is 751 g/mol. The van der Waals surface area contributed by atoms with Gasteiger partial charge in [0.1, 0.15) is 36.6 Å². The number of carbonyl (C=O) groups excluding carboxylic acids is 1. The Hall–Kier alpha value is -1.19. The van der Waals surface area contributed by atoms with Crippen molar-refractivity contribution >= 4 is 5.97 Å². The Balaban J connectivity index is 1.15. The molecule has 6 N–H and O–H groups in total. The van der Waals surface area contributed by atoms with Gasteiger partial charge in [-0.25, -0.2) is 0 Å². The van der Waals surface area contributed by atoms with E-state index in [-0.39, 0.29) is 59.3 Å². The van der Waals surface area contributed by atoms with Crippen LogP contribution in [0.3, 0.4) is 0 Å². The lowest BCUT2D eigenvalue weighted by Crippen LogP contribution is -2.67. The summed E-state index contributed by atoms with van der Waals surface area (Å²) in [6, 6.07) is 0. The largest absolute Gasteiger partial charge is 0.469 e. The average Bonchev–Trinajstić information content (AvgIpc) is 3.12. The zero-order valence-electron chi connectivity index (χ0n) is 32.8. The maximum absolute atomic E-state index is 13.6. The number of esters is 1. The molecule has 0 aromatic rings. The van der Waals surface area contributed by atoms with Gasteiger partial charge in [0, 0.05) is 5.41 Å². The fraction of sp³-hybridized carbons (Fsp3) is 0.927. The summed E-state index contributed by atoms with van der Waals surface area (Å²) in [6.45, 7) is 13.6. The van der Waals surface area contributed by atoms with Crippen LogP contribution in [0.5, 0.6) is 0 Å². The van der Waals surface area contributed by atoms with Crippen molar-refractivity contribution in [1.82, 2.24) is 0 Å². The monoisotopic (exact) mass is 750 g/mol. The number of rotatable bonds is 6. The van der Waals surface area contributed by atoms with E-state index in [1.165, 1.54) is 5.57 Å². The van der Waals surface area contributed by atoms with E-state index < -0.39 is 66.1 Å². The molecule has 0 radical (unpaired) electrons. The molecule has 0 aromatic carbocycles. The fourth-order valence-corrected chi connectivity index (χ4v) is 13.3. The number of allylic oxidation sites excluding steroid dienone is 2. The van der Waals surface area contributed by atoms with E-state index in [2.05, 4.69) is 47.6 Å². The molecule has 0 aromatic heterocycles. The second-order valence-electron chi connectivity index (χ2n) is 19.8. The van der Waals surface area contributed by atoms with Crippen molar-refractivity contribution in [2.75, 3.05) is 26.9 Å². The molecule has 12 heteroatoms. The summed E-state index contributed by atoms with van der Waals surface area (Å²) in [5.41, 5.74) is 0.288. The van der Waals surface area contributed by atoms with E-state index in [0.717, 1.165) is 57.8 Å². The van der Waals surface area contributed by atoms with Crippen LogP contribution in [0.25, 0.3) is 0 Å². The third-order valence-corrected chi connectivity index (χ3v) is 16.8. The van der Waals surface area contributed by atoms with Crippen LogP contribution < -0.4 is 0 Å². The van der Waals surface area contributed by atoms with Crippen LogP contribution >= 0.6 is 0 Å². The van der Waals surface area contributed by atoms with Gasteiger partial charge in [-0.15, -0.1) is 0 Å². The molecule has 0 bridgehead atoms. The molecule has 6 fully saturated rings. The molecule has 0 spiro atoms. The molecule has 302 valence electrons. The molecule has 4 saturated carbocycles. The fourth-order valence-electron chi connectivity index (χ4n) is 13.3. The SMILES string of the molecule is COC(=O)[C@]12CCC(C)(C)C[C@H]1C1=CC[C@@H]3[C@@]4(C)CC[C@H](O[C@@H]5OC[C@H](O)[C@H](O)[C@H]5O[C@@H]5OC[C@@H](O)[C@H](O)[C@H]5O)[C@@](C)(CO)[C@@H]4CC[C@@]3(C)[C@]1(C)CC2. The molecule has 7 rings (SSSR count). The van der Waals surface area contributed by atoms with Gasteiger partial charge in [-0.2, -0.15) is 0 Å². The van der Waals surface area contributed by atoms with Gasteiger partial charge in [-0.05, 0) is 104 Å². The summed E-state index contributed by atoms with van der Waals surface area (Å²) in [5.74, 6) is 0.583. The number of ether oxygens (including phenoxy) is 5. The van der Waals surface area contributed by atoms with Crippen LogP contribution in [0.1, 0.15) is 106 Å². The van der Waals surface area contributed by atoms with E-state index in [9.17, 15) is 35.4 Å². The van der Waals surface area contributed by atoms with E-state index in [4.69, 9.17) is 23.7 Å². The predicted molar refractivity (Wildman–Crippen MR) is 192 cm³/mol. The lowest BCUT2D eigenvalue weighted by Gasteiger charge is -2.71. The van der Waals surface area contributed by atoms with Crippen molar-refractivity contribution in [2.24, 2.45) is 50.2 Å². The smallest absolute Gasteiger partial charge is 0.312 e.